The normalized spacial score (nSPS) is 17.1. The fourth-order valence-electron chi connectivity index (χ4n) is 3.14. The lowest BCUT2D eigenvalue weighted by atomic mass is 10.1. The second-order valence-corrected chi connectivity index (χ2v) is 6.94. The van der Waals surface area contributed by atoms with Crippen molar-refractivity contribution in [2.24, 2.45) is 0 Å². The molecule has 4 rings (SSSR count). The number of imide groups is 1. The van der Waals surface area contributed by atoms with Gasteiger partial charge < -0.3 is 5.32 Å². The fourth-order valence-corrected chi connectivity index (χ4v) is 3.14. The molecule has 2 aromatic heterocycles. The Kier molecular flexibility index (Phi) is 4.31. The molecule has 138 valence electrons. The summed E-state index contributed by atoms with van der Waals surface area (Å²) < 4.78 is 1.73. The molecule has 1 N–H and O–H groups in total. The van der Waals surface area contributed by atoms with Crippen LogP contribution in [0, 0.1) is 0 Å². The average Bonchev–Trinajstić information content (AvgIpc) is 3.22. The van der Waals surface area contributed by atoms with E-state index < -0.39 is 6.04 Å². The highest BCUT2D eigenvalue weighted by atomic mass is 16.2. The molecule has 1 aliphatic heterocycles. The summed E-state index contributed by atoms with van der Waals surface area (Å²) in [5.74, 6) is -0.245. The number of fused-ring (bicyclic) bond motifs is 1. The Labute approximate surface area is 156 Å². The number of hydrogen-bond acceptors (Lipinski definition) is 5. The number of nitrogens with one attached hydrogen (secondary N) is 1. The molecule has 0 radical (unpaired) electrons. The van der Waals surface area contributed by atoms with Crippen LogP contribution < -0.4 is 5.32 Å². The highest BCUT2D eigenvalue weighted by molar-refractivity contribution is 6.04. The van der Waals surface area contributed by atoms with E-state index in [1.165, 1.54) is 4.90 Å². The standard InChI is InChI=1S/C19H20N6O2/c1-12(2)25-11-15(22-23-25)9-17-18(26)24(19(27)21-17)10-13-5-6-16-14(8-13)4-3-7-20-16/h3-8,11-12,17H,9-10H2,1-2H3,(H,21,27). The Morgan fingerprint density at radius 2 is 2.07 bits per heavy atom. The monoisotopic (exact) mass is 364 g/mol. The number of hydrogen-bond donors (Lipinski definition) is 1. The Morgan fingerprint density at radius 1 is 1.22 bits per heavy atom. The molecular weight excluding hydrogens is 344 g/mol. The maximum atomic E-state index is 12.7. The van der Waals surface area contributed by atoms with E-state index in [-0.39, 0.29) is 24.5 Å². The van der Waals surface area contributed by atoms with Crippen LogP contribution in [0.2, 0.25) is 0 Å². The highest BCUT2D eigenvalue weighted by Gasteiger charge is 2.38. The molecule has 1 saturated heterocycles. The van der Waals surface area contributed by atoms with E-state index in [2.05, 4.69) is 20.6 Å². The van der Waals surface area contributed by atoms with E-state index in [0.29, 0.717) is 12.1 Å². The van der Waals surface area contributed by atoms with Gasteiger partial charge in [-0.15, -0.1) is 5.10 Å². The van der Waals surface area contributed by atoms with Gasteiger partial charge in [0, 0.05) is 30.2 Å². The number of benzene rings is 1. The quantitative estimate of drug-likeness (QED) is 0.700. The minimum absolute atomic E-state index is 0.194. The van der Waals surface area contributed by atoms with Crippen LogP contribution in [-0.2, 0) is 17.8 Å². The zero-order valence-corrected chi connectivity index (χ0v) is 15.2. The summed E-state index contributed by atoms with van der Waals surface area (Å²) in [5, 5.41) is 11.9. The molecule has 1 aliphatic rings. The summed E-state index contributed by atoms with van der Waals surface area (Å²) in [6.45, 7) is 4.23. The van der Waals surface area contributed by atoms with E-state index in [9.17, 15) is 9.59 Å². The van der Waals surface area contributed by atoms with Gasteiger partial charge in [-0.1, -0.05) is 17.3 Å². The van der Waals surface area contributed by atoms with E-state index in [1.807, 2.05) is 50.4 Å². The summed E-state index contributed by atoms with van der Waals surface area (Å²) in [6.07, 6.45) is 3.87. The number of carbonyl (C=O) groups is 2. The van der Waals surface area contributed by atoms with Crippen molar-refractivity contribution >= 4 is 22.8 Å². The van der Waals surface area contributed by atoms with E-state index >= 15 is 0 Å². The number of urea groups is 1. The van der Waals surface area contributed by atoms with Gasteiger partial charge in [0.25, 0.3) is 5.91 Å². The van der Waals surface area contributed by atoms with Crippen LogP contribution in [0.4, 0.5) is 4.79 Å². The van der Waals surface area contributed by atoms with Crippen molar-refractivity contribution in [1.82, 2.24) is 30.2 Å². The molecule has 1 aromatic carbocycles. The predicted octanol–water partition coefficient (Wildman–Crippen LogP) is 2.07. The van der Waals surface area contributed by atoms with Gasteiger partial charge in [-0.3, -0.25) is 14.7 Å². The number of nitrogens with zero attached hydrogens (tertiary/aromatic N) is 5. The molecule has 0 saturated carbocycles. The molecule has 3 amide bonds. The Hall–Kier alpha value is -3.29. The van der Waals surface area contributed by atoms with Crippen molar-refractivity contribution in [3.05, 3.63) is 54.0 Å². The van der Waals surface area contributed by atoms with Crippen molar-refractivity contribution in [3.8, 4) is 0 Å². The lowest BCUT2D eigenvalue weighted by molar-refractivity contribution is -0.127. The second-order valence-electron chi connectivity index (χ2n) is 6.94. The van der Waals surface area contributed by atoms with Gasteiger partial charge in [0.2, 0.25) is 0 Å². The number of aromatic nitrogens is 4. The number of amides is 3. The largest absolute Gasteiger partial charge is 0.325 e. The molecule has 1 fully saturated rings. The van der Waals surface area contributed by atoms with Gasteiger partial charge in [0.1, 0.15) is 6.04 Å². The molecule has 0 aliphatic carbocycles. The fraction of sp³-hybridized carbons (Fsp3) is 0.316. The maximum Gasteiger partial charge on any atom is 0.325 e. The van der Waals surface area contributed by atoms with Crippen LogP contribution in [0.25, 0.3) is 10.9 Å². The van der Waals surface area contributed by atoms with Crippen LogP contribution >= 0.6 is 0 Å². The Morgan fingerprint density at radius 3 is 2.85 bits per heavy atom. The minimum Gasteiger partial charge on any atom is -0.325 e. The molecule has 3 aromatic rings. The molecule has 1 unspecified atom stereocenters. The zero-order chi connectivity index (χ0) is 19.0. The Balaban J connectivity index is 1.48. The topological polar surface area (TPSA) is 93.0 Å². The smallest absolute Gasteiger partial charge is 0.325 e. The summed E-state index contributed by atoms with van der Waals surface area (Å²) >= 11 is 0. The third-order valence-electron chi connectivity index (χ3n) is 4.62. The molecule has 0 bridgehead atoms. The van der Waals surface area contributed by atoms with Crippen LogP contribution in [0.5, 0.6) is 0 Å². The summed E-state index contributed by atoms with van der Waals surface area (Å²) in [4.78, 5) is 30.5. The van der Waals surface area contributed by atoms with E-state index in [0.717, 1.165) is 16.5 Å². The van der Waals surface area contributed by atoms with Crippen molar-refractivity contribution < 1.29 is 9.59 Å². The maximum absolute atomic E-state index is 12.7. The number of rotatable bonds is 5. The van der Waals surface area contributed by atoms with Gasteiger partial charge in [0.05, 0.1) is 17.8 Å². The predicted molar refractivity (Wildman–Crippen MR) is 98.7 cm³/mol. The van der Waals surface area contributed by atoms with Gasteiger partial charge in [-0.05, 0) is 37.6 Å². The Bertz CT molecular complexity index is 1010. The van der Waals surface area contributed by atoms with Crippen LogP contribution in [0.15, 0.2) is 42.7 Å². The molecular formula is C19H20N6O2. The molecule has 8 nitrogen and oxygen atoms in total. The molecule has 3 heterocycles. The molecule has 27 heavy (non-hydrogen) atoms. The average molecular weight is 364 g/mol. The first kappa shape index (κ1) is 17.1. The van der Waals surface area contributed by atoms with Gasteiger partial charge in [-0.25, -0.2) is 9.48 Å². The SMILES string of the molecule is CC(C)n1cc(CC2NC(=O)N(Cc3ccc4ncccc4c3)C2=O)nn1. The van der Waals surface area contributed by atoms with Crippen molar-refractivity contribution in [2.75, 3.05) is 0 Å². The first-order valence-corrected chi connectivity index (χ1v) is 8.87. The molecule has 1 atom stereocenters. The van der Waals surface area contributed by atoms with Crippen LogP contribution in [0.3, 0.4) is 0 Å². The van der Waals surface area contributed by atoms with Crippen molar-refractivity contribution in [3.63, 3.8) is 0 Å². The van der Waals surface area contributed by atoms with Crippen LogP contribution in [-0.4, -0.2) is 42.9 Å². The first-order valence-electron chi connectivity index (χ1n) is 8.87. The molecule has 8 heteroatoms. The van der Waals surface area contributed by atoms with E-state index in [1.54, 1.807) is 10.9 Å². The second kappa shape index (κ2) is 6.79. The third-order valence-corrected chi connectivity index (χ3v) is 4.62. The number of pyridine rings is 1. The van der Waals surface area contributed by atoms with E-state index in [4.69, 9.17) is 0 Å². The minimum atomic E-state index is -0.614. The summed E-state index contributed by atoms with van der Waals surface area (Å²) in [6, 6.07) is 8.74. The number of carbonyl (C=O) groups excluding carboxylic acids is 2. The highest BCUT2D eigenvalue weighted by Crippen LogP contribution is 2.18. The third kappa shape index (κ3) is 3.38. The summed E-state index contributed by atoms with van der Waals surface area (Å²) in [7, 11) is 0. The lowest BCUT2D eigenvalue weighted by Gasteiger charge is -2.13. The van der Waals surface area contributed by atoms with Crippen molar-refractivity contribution in [2.45, 2.75) is 38.9 Å². The van der Waals surface area contributed by atoms with Gasteiger partial charge >= 0.3 is 6.03 Å². The lowest BCUT2D eigenvalue weighted by Crippen LogP contribution is -2.32. The zero-order valence-electron chi connectivity index (χ0n) is 15.2. The molecule has 0 spiro atoms. The van der Waals surface area contributed by atoms with Gasteiger partial charge in [0.15, 0.2) is 0 Å². The summed E-state index contributed by atoms with van der Waals surface area (Å²) in [5.41, 5.74) is 2.44. The first-order chi connectivity index (χ1) is 13.0. The van der Waals surface area contributed by atoms with Crippen molar-refractivity contribution in [1.29, 1.82) is 0 Å². The van der Waals surface area contributed by atoms with Crippen LogP contribution in [0.1, 0.15) is 31.1 Å². The van der Waals surface area contributed by atoms with Gasteiger partial charge in [-0.2, -0.15) is 0 Å².